The van der Waals surface area contributed by atoms with Gasteiger partial charge in [-0.25, -0.2) is 0 Å². The van der Waals surface area contributed by atoms with Gasteiger partial charge in [-0.2, -0.15) is 5.26 Å². The molecule has 0 aliphatic heterocycles. The highest BCUT2D eigenvalue weighted by Crippen LogP contribution is 2.02. The van der Waals surface area contributed by atoms with Crippen LogP contribution >= 0.6 is 0 Å². The van der Waals surface area contributed by atoms with Crippen LogP contribution in [-0.2, 0) is 0 Å². The molecule has 0 radical (unpaired) electrons. The molecule has 0 saturated carbocycles. The SMILES string of the molecule is CC(O)CCN(C)C(C)CC#N. The van der Waals surface area contributed by atoms with Gasteiger partial charge in [0.1, 0.15) is 0 Å². The van der Waals surface area contributed by atoms with Gasteiger partial charge in [-0.15, -0.1) is 0 Å². The molecule has 0 aromatic rings. The van der Waals surface area contributed by atoms with E-state index >= 15 is 0 Å². The van der Waals surface area contributed by atoms with Gasteiger partial charge in [0, 0.05) is 12.6 Å². The molecule has 0 bridgehead atoms. The molecule has 2 unspecified atom stereocenters. The van der Waals surface area contributed by atoms with Crippen molar-refractivity contribution >= 4 is 0 Å². The number of aliphatic hydroxyl groups is 1. The second-order valence-corrected chi connectivity index (χ2v) is 3.33. The summed E-state index contributed by atoms with van der Waals surface area (Å²) in [7, 11) is 1.98. The monoisotopic (exact) mass is 170 g/mol. The molecular formula is C9H18N2O. The van der Waals surface area contributed by atoms with Gasteiger partial charge in [-0.3, -0.25) is 0 Å². The van der Waals surface area contributed by atoms with E-state index in [1.807, 2.05) is 14.0 Å². The number of hydrogen-bond donors (Lipinski definition) is 1. The molecule has 0 rings (SSSR count). The smallest absolute Gasteiger partial charge is 0.0638 e. The molecule has 0 aromatic heterocycles. The van der Waals surface area contributed by atoms with Gasteiger partial charge >= 0.3 is 0 Å². The van der Waals surface area contributed by atoms with E-state index in [0.717, 1.165) is 13.0 Å². The predicted octanol–water partition coefficient (Wildman–Crippen LogP) is 0.991. The van der Waals surface area contributed by atoms with Crippen molar-refractivity contribution in [3.05, 3.63) is 0 Å². The molecule has 0 saturated heterocycles. The molecular weight excluding hydrogens is 152 g/mol. The van der Waals surface area contributed by atoms with Crippen molar-refractivity contribution in [3.63, 3.8) is 0 Å². The van der Waals surface area contributed by atoms with Crippen LogP contribution in [0.25, 0.3) is 0 Å². The fourth-order valence-corrected chi connectivity index (χ4v) is 0.899. The molecule has 1 N–H and O–H groups in total. The molecule has 0 amide bonds. The Labute approximate surface area is 74.6 Å². The molecule has 3 heteroatoms. The molecule has 0 aliphatic carbocycles. The van der Waals surface area contributed by atoms with Crippen LogP contribution in [0.15, 0.2) is 0 Å². The van der Waals surface area contributed by atoms with Gasteiger partial charge in [0.15, 0.2) is 0 Å². The van der Waals surface area contributed by atoms with Crippen molar-refractivity contribution in [2.75, 3.05) is 13.6 Å². The lowest BCUT2D eigenvalue weighted by Gasteiger charge is -2.22. The first-order valence-corrected chi connectivity index (χ1v) is 4.33. The van der Waals surface area contributed by atoms with E-state index in [-0.39, 0.29) is 12.1 Å². The molecule has 0 fully saturated rings. The Kier molecular flexibility index (Phi) is 5.69. The highest BCUT2D eigenvalue weighted by atomic mass is 16.3. The van der Waals surface area contributed by atoms with Crippen molar-refractivity contribution in [3.8, 4) is 6.07 Å². The van der Waals surface area contributed by atoms with Gasteiger partial charge < -0.3 is 10.0 Å². The first kappa shape index (κ1) is 11.4. The fraction of sp³-hybridized carbons (Fsp3) is 0.889. The first-order valence-electron chi connectivity index (χ1n) is 4.33. The van der Waals surface area contributed by atoms with Gasteiger partial charge in [-0.05, 0) is 27.3 Å². The highest BCUT2D eigenvalue weighted by Gasteiger charge is 2.08. The lowest BCUT2D eigenvalue weighted by atomic mass is 10.2. The van der Waals surface area contributed by atoms with E-state index in [0.29, 0.717) is 6.42 Å². The summed E-state index contributed by atoms with van der Waals surface area (Å²) in [6, 6.07) is 2.42. The Morgan fingerprint density at radius 2 is 2.08 bits per heavy atom. The predicted molar refractivity (Wildman–Crippen MR) is 48.6 cm³/mol. The number of hydrogen-bond acceptors (Lipinski definition) is 3. The molecule has 70 valence electrons. The van der Waals surface area contributed by atoms with Crippen molar-refractivity contribution in [1.29, 1.82) is 5.26 Å². The van der Waals surface area contributed by atoms with E-state index in [4.69, 9.17) is 10.4 Å². The number of rotatable bonds is 5. The average molecular weight is 170 g/mol. The molecule has 0 aromatic carbocycles. The second kappa shape index (κ2) is 5.99. The van der Waals surface area contributed by atoms with Crippen molar-refractivity contribution in [2.24, 2.45) is 0 Å². The highest BCUT2D eigenvalue weighted by molar-refractivity contribution is 4.78. The summed E-state index contributed by atoms with van der Waals surface area (Å²) in [6.07, 6.45) is 1.07. The van der Waals surface area contributed by atoms with Crippen LogP contribution < -0.4 is 0 Å². The Morgan fingerprint density at radius 3 is 2.50 bits per heavy atom. The van der Waals surface area contributed by atoms with E-state index in [9.17, 15) is 0 Å². The van der Waals surface area contributed by atoms with Gasteiger partial charge in [-0.1, -0.05) is 0 Å². The maximum Gasteiger partial charge on any atom is 0.0638 e. The van der Waals surface area contributed by atoms with Crippen molar-refractivity contribution in [1.82, 2.24) is 4.90 Å². The topological polar surface area (TPSA) is 47.3 Å². The maximum absolute atomic E-state index is 9.02. The zero-order valence-corrected chi connectivity index (χ0v) is 8.12. The Balaban J connectivity index is 3.57. The van der Waals surface area contributed by atoms with Crippen LogP contribution in [0.3, 0.4) is 0 Å². The van der Waals surface area contributed by atoms with Crippen LogP contribution in [0.2, 0.25) is 0 Å². The summed E-state index contributed by atoms with van der Waals surface area (Å²) in [5, 5.41) is 17.5. The summed E-state index contributed by atoms with van der Waals surface area (Å²) >= 11 is 0. The average Bonchev–Trinajstić information content (AvgIpc) is 2.00. The summed E-state index contributed by atoms with van der Waals surface area (Å²) in [5.41, 5.74) is 0. The van der Waals surface area contributed by atoms with E-state index in [2.05, 4.69) is 11.0 Å². The lowest BCUT2D eigenvalue weighted by Crippen LogP contribution is -2.31. The van der Waals surface area contributed by atoms with Crippen LogP contribution in [0, 0.1) is 11.3 Å². The Morgan fingerprint density at radius 1 is 1.50 bits per heavy atom. The minimum Gasteiger partial charge on any atom is -0.393 e. The number of nitriles is 1. The van der Waals surface area contributed by atoms with Gasteiger partial charge in [0.05, 0.1) is 18.6 Å². The maximum atomic E-state index is 9.02. The van der Waals surface area contributed by atoms with Crippen molar-refractivity contribution < 1.29 is 5.11 Å². The van der Waals surface area contributed by atoms with E-state index in [1.165, 1.54) is 0 Å². The van der Waals surface area contributed by atoms with Crippen molar-refractivity contribution in [2.45, 2.75) is 38.8 Å². The third kappa shape index (κ3) is 5.11. The van der Waals surface area contributed by atoms with Crippen LogP contribution in [0.1, 0.15) is 26.7 Å². The summed E-state index contributed by atoms with van der Waals surface area (Å²) in [4.78, 5) is 2.09. The zero-order valence-electron chi connectivity index (χ0n) is 8.12. The summed E-state index contributed by atoms with van der Waals surface area (Å²) in [5.74, 6) is 0. The fourth-order valence-electron chi connectivity index (χ4n) is 0.899. The lowest BCUT2D eigenvalue weighted by molar-refractivity contribution is 0.153. The van der Waals surface area contributed by atoms with Gasteiger partial charge in [0.2, 0.25) is 0 Å². The minimum absolute atomic E-state index is 0.248. The van der Waals surface area contributed by atoms with E-state index < -0.39 is 0 Å². The number of aliphatic hydroxyl groups excluding tert-OH is 1. The molecule has 12 heavy (non-hydrogen) atoms. The third-order valence-corrected chi connectivity index (χ3v) is 2.04. The zero-order chi connectivity index (χ0) is 9.56. The summed E-state index contributed by atoms with van der Waals surface area (Å²) in [6.45, 7) is 4.65. The quantitative estimate of drug-likeness (QED) is 0.669. The van der Waals surface area contributed by atoms with Gasteiger partial charge in [0.25, 0.3) is 0 Å². The molecule has 0 spiro atoms. The van der Waals surface area contributed by atoms with Crippen LogP contribution in [0.5, 0.6) is 0 Å². The Bertz CT molecular complexity index is 151. The van der Waals surface area contributed by atoms with Crippen LogP contribution in [0.4, 0.5) is 0 Å². The standard InChI is InChI=1S/C9H18N2O/c1-8(4-6-10)11(3)7-5-9(2)12/h8-9,12H,4-5,7H2,1-3H3. The largest absolute Gasteiger partial charge is 0.393 e. The van der Waals surface area contributed by atoms with Crippen LogP contribution in [-0.4, -0.2) is 35.7 Å². The second-order valence-electron chi connectivity index (χ2n) is 3.33. The summed E-state index contributed by atoms with van der Waals surface area (Å²) < 4.78 is 0. The normalized spacial score (nSPS) is 15.7. The molecule has 3 nitrogen and oxygen atoms in total. The molecule has 0 heterocycles. The number of nitrogens with zero attached hydrogens (tertiary/aromatic N) is 2. The third-order valence-electron chi connectivity index (χ3n) is 2.04. The first-order chi connectivity index (χ1) is 5.57. The minimum atomic E-state index is -0.248. The molecule has 0 aliphatic rings. The molecule has 2 atom stereocenters. The Hall–Kier alpha value is -0.590. The van der Waals surface area contributed by atoms with E-state index in [1.54, 1.807) is 6.92 Å².